The molecule has 1 rings (SSSR count). The molecule has 1 unspecified atom stereocenters. The third-order valence-electron chi connectivity index (χ3n) is 3.47. The molecule has 0 aliphatic rings. The topological polar surface area (TPSA) is 61.3 Å². The second kappa shape index (κ2) is 7.95. The van der Waals surface area contributed by atoms with Gasteiger partial charge >= 0.3 is 0 Å². The van der Waals surface area contributed by atoms with E-state index in [4.69, 9.17) is 39.4 Å². The van der Waals surface area contributed by atoms with Crippen LogP contribution in [-0.4, -0.2) is 20.2 Å². The van der Waals surface area contributed by atoms with E-state index in [0.29, 0.717) is 40.7 Å². The van der Waals surface area contributed by atoms with Crippen molar-refractivity contribution in [3.05, 3.63) is 27.7 Å². The molecule has 1 atom stereocenters. The van der Waals surface area contributed by atoms with Crippen LogP contribution < -0.4 is 16.2 Å². The number of halogens is 2. The number of hydrogen-bond donors (Lipinski definition) is 2. The van der Waals surface area contributed by atoms with Crippen molar-refractivity contribution in [1.29, 1.82) is 0 Å². The summed E-state index contributed by atoms with van der Waals surface area (Å²) in [6.07, 6.45) is 1.94. The van der Waals surface area contributed by atoms with Crippen LogP contribution in [0.4, 0.5) is 0 Å². The molecule has 5 heteroatoms. The molecule has 0 amide bonds. The van der Waals surface area contributed by atoms with Crippen molar-refractivity contribution in [3.63, 3.8) is 0 Å². The Balaban J connectivity index is 2.99. The second-order valence-corrected chi connectivity index (χ2v) is 5.51. The standard InChI is InChI=1S/C14H22Cl2N2O/c1-3-10(4-9(7-17)8-18)11-5-12(15)14(19-2)13(16)6-11/h5-6,9-10H,3-4,7-8,17-18H2,1-2H3. The first-order valence-electron chi connectivity index (χ1n) is 6.50. The minimum atomic E-state index is 0.324. The van der Waals surface area contributed by atoms with E-state index in [1.165, 1.54) is 0 Å². The lowest BCUT2D eigenvalue weighted by Gasteiger charge is -2.22. The molecular formula is C14H22Cl2N2O. The van der Waals surface area contributed by atoms with Gasteiger partial charge in [0.25, 0.3) is 0 Å². The van der Waals surface area contributed by atoms with Gasteiger partial charge in [-0.2, -0.15) is 0 Å². The molecule has 0 saturated heterocycles. The Morgan fingerprint density at radius 3 is 2.05 bits per heavy atom. The van der Waals surface area contributed by atoms with Gasteiger partial charge in [0.2, 0.25) is 0 Å². The summed E-state index contributed by atoms with van der Waals surface area (Å²) < 4.78 is 5.16. The maximum Gasteiger partial charge on any atom is 0.156 e. The summed E-state index contributed by atoms with van der Waals surface area (Å²) in [6, 6.07) is 3.84. The van der Waals surface area contributed by atoms with Gasteiger partial charge in [-0.05, 0) is 55.5 Å². The molecule has 0 saturated carbocycles. The zero-order valence-corrected chi connectivity index (χ0v) is 13.0. The highest BCUT2D eigenvalue weighted by Gasteiger charge is 2.18. The SMILES string of the molecule is CCC(CC(CN)CN)c1cc(Cl)c(OC)c(Cl)c1. The molecule has 0 heterocycles. The van der Waals surface area contributed by atoms with Crippen LogP contribution in [-0.2, 0) is 0 Å². The van der Waals surface area contributed by atoms with E-state index in [1.807, 2.05) is 12.1 Å². The van der Waals surface area contributed by atoms with Crippen molar-refractivity contribution < 1.29 is 4.74 Å². The monoisotopic (exact) mass is 304 g/mol. The summed E-state index contributed by atoms with van der Waals surface area (Å²) in [4.78, 5) is 0. The van der Waals surface area contributed by atoms with Gasteiger partial charge in [-0.1, -0.05) is 30.1 Å². The highest BCUT2D eigenvalue weighted by atomic mass is 35.5. The number of methoxy groups -OCH3 is 1. The number of benzene rings is 1. The molecule has 0 aliphatic heterocycles. The van der Waals surface area contributed by atoms with Gasteiger partial charge in [0.05, 0.1) is 17.2 Å². The Morgan fingerprint density at radius 2 is 1.68 bits per heavy atom. The third kappa shape index (κ3) is 4.25. The van der Waals surface area contributed by atoms with Crippen molar-refractivity contribution in [3.8, 4) is 5.75 Å². The molecule has 0 aromatic heterocycles. The van der Waals surface area contributed by atoms with Crippen molar-refractivity contribution in [2.24, 2.45) is 17.4 Å². The van der Waals surface area contributed by atoms with Crippen LogP contribution >= 0.6 is 23.2 Å². The first-order chi connectivity index (χ1) is 9.07. The lowest BCUT2D eigenvalue weighted by atomic mass is 9.87. The Bertz CT molecular complexity index is 385. The Morgan fingerprint density at radius 1 is 1.16 bits per heavy atom. The van der Waals surface area contributed by atoms with E-state index >= 15 is 0 Å². The lowest BCUT2D eigenvalue weighted by molar-refractivity contribution is 0.414. The first kappa shape index (κ1) is 16.6. The molecular weight excluding hydrogens is 283 g/mol. The zero-order valence-electron chi connectivity index (χ0n) is 11.5. The molecule has 1 aromatic carbocycles. The number of nitrogens with two attached hydrogens (primary N) is 2. The average molecular weight is 305 g/mol. The number of ether oxygens (including phenoxy) is 1. The maximum atomic E-state index is 6.18. The van der Waals surface area contributed by atoms with Gasteiger partial charge in [-0.15, -0.1) is 0 Å². The molecule has 0 radical (unpaired) electrons. The normalized spacial score (nSPS) is 12.8. The second-order valence-electron chi connectivity index (χ2n) is 4.70. The average Bonchev–Trinajstić information content (AvgIpc) is 2.40. The smallest absolute Gasteiger partial charge is 0.156 e. The molecule has 3 nitrogen and oxygen atoms in total. The summed E-state index contributed by atoms with van der Waals surface area (Å²) in [6.45, 7) is 3.34. The highest BCUT2D eigenvalue weighted by molar-refractivity contribution is 6.37. The summed E-state index contributed by atoms with van der Waals surface area (Å²) in [7, 11) is 1.56. The Labute approximate surface area is 125 Å². The molecule has 19 heavy (non-hydrogen) atoms. The van der Waals surface area contributed by atoms with Gasteiger partial charge in [-0.3, -0.25) is 0 Å². The fourth-order valence-corrected chi connectivity index (χ4v) is 2.90. The van der Waals surface area contributed by atoms with E-state index in [1.54, 1.807) is 7.11 Å². The molecule has 0 spiro atoms. The predicted molar refractivity (Wildman–Crippen MR) is 82.3 cm³/mol. The van der Waals surface area contributed by atoms with E-state index in [2.05, 4.69) is 6.92 Å². The summed E-state index contributed by atoms with van der Waals surface area (Å²) in [5.74, 6) is 1.21. The Kier molecular flexibility index (Phi) is 6.94. The van der Waals surface area contributed by atoms with Crippen LogP contribution in [0.3, 0.4) is 0 Å². The van der Waals surface area contributed by atoms with Crippen LogP contribution in [0.15, 0.2) is 12.1 Å². The molecule has 0 aliphatic carbocycles. The third-order valence-corrected chi connectivity index (χ3v) is 4.03. The van der Waals surface area contributed by atoms with Gasteiger partial charge in [-0.25, -0.2) is 0 Å². The van der Waals surface area contributed by atoms with Crippen molar-refractivity contribution in [2.45, 2.75) is 25.7 Å². The molecule has 0 fully saturated rings. The van der Waals surface area contributed by atoms with Crippen LogP contribution in [0.5, 0.6) is 5.75 Å². The van der Waals surface area contributed by atoms with Gasteiger partial charge in [0, 0.05) is 0 Å². The van der Waals surface area contributed by atoms with Gasteiger partial charge in [0.15, 0.2) is 5.75 Å². The fourth-order valence-electron chi connectivity index (χ4n) is 2.24. The highest BCUT2D eigenvalue weighted by Crippen LogP contribution is 2.38. The molecule has 4 N–H and O–H groups in total. The lowest BCUT2D eigenvalue weighted by Crippen LogP contribution is -2.25. The van der Waals surface area contributed by atoms with E-state index in [0.717, 1.165) is 18.4 Å². The van der Waals surface area contributed by atoms with Crippen LogP contribution in [0.1, 0.15) is 31.2 Å². The van der Waals surface area contributed by atoms with E-state index < -0.39 is 0 Å². The summed E-state index contributed by atoms with van der Waals surface area (Å²) in [5, 5.41) is 1.08. The Hall–Kier alpha value is -0.480. The molecule has 108 valence electrons. The molecule has 0 bridgehead atoms. The van der Waals surface area contributed by atoms with Crippen molar-refractivity contribution in [1.82, 2.24) is 0 Å². The minimum absolute atomic E-state index is 0.324. The van der Waals surface area contributed by atoms with E-state index in [-0.39, 0.29) is 0 Å². The number of rotatable bonds is 7. The maximum absolute atomic E-state index is 6.18. The van der Waals surface area contributed by atoms with Gasteiger partial charge in [0.1, 0.15) is 0 Å². The van der Waals surface area contributed by atoms with Crippen molar-refractivity contribution >= 4 is 23.2 Å². The van der Waals surface area contributed by atoms with Crippen molar-refractivity contribution in [2.75, 3.05) is 20.2 Å². The molecule has 1 aromatic rings. The zero-order chi connectivity index (χ0) is 14.4. The summed E-state index contributed by atoms with van der Waals surface area (Å²) in [5.41, 5.74) is 12.6. The predicted octanol–water partition coefficient (Wildman–Crippen LogP) is 3.42. The fraction of sp³-hybridized carbons (Fsp3) is 0.571. The van der Waals surface area contributed by atoms with Gasteiger partial charge < -0.3 is 16.2 Å². The quantitative estimate of drug-likeness (QED) is 0.811. The van der Waals surface area contributed by atoms with Crippen LogP contribution in [0.25, 0.3) is 0 Å². The van der Waals surface area contributed by atoms with Crippen LogP contribution in [0, 0.1) is 5.92 Å². The summed E-state index contributed by atoms with van der Waals surface area (Å²) >= 11 is 12.4. The number of hydrogen-bond acceptors (Lipinski definition) is 3. The van der Waals surface area contributed by atoms with E-state index in [9.17, 15) is 0 Å². The van der Waals surface area contributed by atoms with Crippen LogP contribution in [0.2, 0.25) is 10.0 Å². The minimum Gasteiger partial charge on any atom is -0.494 e. The largest absolute Gasteiger partial charge is 0.494 e. The first-order valence-corrected chi connectivity index (χ1v) is 7.25.